The Morgan fingerprint density at radius 2 is 2.45 bits per heavy atom. The number of rotatable bonds is 4. The van der Waals surface area contributed by atoms with Gasteiger partial charge in [0.15, 0.2) is 0 Å². The van der Waals surface area contributed by atoms with Gasteiger partial charge in [0.1, 0.15) is 6.10 Å². The quantitative estimate of drug-likeness (QED) is 0.335. The van der Waals surface area contributed by atoms with Crippen LogP contribution in [0, 0.1) is 0 Å². The van der Waals surface area contributed by atoms with Gasteiger partial charge in [0, 0.05) is 26.6 Å². The molecular formula is C8H13NO2. The summed E-state index contributed by atoms with van der Waals surface area (Å²) in [6, 6.07) is 0. The van der Waals surface area contributed by atoms with Gasteiger partial charge in [-0.1, -0.05) is 12.7 Å². The molecule has 1 saturated heterocycles. The van der Waals surface area contributed by atoms with Crippen LogP contribution in [0.15, 0.2) is 12.7 Å². The number of ether oxygens (including phenoxy) is 1. The average molecular weight is 155 g/mol. The minimum atomic E-state index is -0.239. The average Bonchev–Trinajstić information content (AvgIpc) is 2.69. The molecule has 11 heavy (non-hydrogen) atoms. The summed E-state index contributed by atoms with van der Waals surface area (Å²) >= 11 is 0. The lowest BCUT2D eigenvalue weighted by molar-refractivity contribution is -0.144. The van der Waals surface area contributed by atoms with Crippen molar-refractivity contribution in [3.63, 3.8) is 0 Å². The zero-order valence-corrected chi connectivity index (χ0v) is 6.75. The van der Waals surface area contributed by atoms with E-state index in [4.69, 9.17) is 4.74 Å². The summed E-state index contributed by atoms with van der Waals surface area (Å²) in [5.74, 6) is -0.239. The predicted octanol–water partition coefficient (Wildman–Crippen LogP) is 0.420. The van der Waals surface area contributed by atoms with Crippen molar-refractivity contribution in [1.29, 1.82) is 0 Å². The van der Waals surface area contributed by atoms with E-state index < -0.39 is 0 Å². The van der Waals surface area contributed by atoms with Crippen molar-refractivity contribution in [2.45, 2.75) is 13.0 Å². The lowest BCUT2D eigenvalue weighted by Crippen LogP contribution is -2.22. The van der Waals surface area contributed by atoms with Crippen molar-refractivity contribution >= 4 is 5.97 Å². The van der Waals surface area contributed by atoms with Crippen molar-refractivity contribution in [3.8, 4) is 0 Å². The largest absolute Gasteiger partial charge is 0.457 e. The van der Waals surface area contributed by atoms with E-state index in [1.54, 1.807) is 6.08 Å². The van der Waals surface area contributed by atoms with Crippen molar-refractivity contribution < 1.29 is 9.53 Å². The van der Waals surface area contributed by atoms with Crippen LogP contribution in [0.3, 0.4) is 0 Å². The van der Waals surface area contributed by atoms with Gasteiger partial charge < -0.3 is 4.74 Å². The molecule has 1 heterocycles. The fourth-order valence-electron chi connectivity index (χ4n) is 0.881. The first-order valence-corrected chi connectivity index (χ1v) is 3.74. The zero-order valence-electron chi connectivity index (χ0n) is 6.75. The molecule has 0 aliphatic carbocycles. The Morgan fingerprint density at radius 1 is 1.82 bits per heavy atom. The second-order valence-corrected chi connectivity index (χ2v) is 2.68. The topological polar surface area (TPSA) is 29.3 Å². The van der Waals surface area contributed by atoms with E-state index >= 15 is 0 Å². The monoisotopic (exact) mass is 155 g/mol. The molecule has 3 heteroatoms. The highest BCUT2D eigenvalue weighted by Gasteiger charge is 2.21. The molecule has 0 radical (unpaired) electrons. The van der Waals surface area contributed by atoms with Gasteiger partial charge >= 0.3 is 5.97 Å². The Hall–Kier alpha value is -0.830. The molecule has 1 rings (SSSR count). The van der Waals surface area contributed by atoms with E-state index in [2.05, 4.69) is 11.5 Å². The molecule has 1 aliphatic rings. The second-order valence-electron chi connectivity index (χ2n) is 2.68. The molecule has 0 unspecified atom stereocenters. The van der Waals surface area contributed by atoms with Gasteiger partial charge in [-0.25, -0.2) is 0 Å². The first-order chi connectivity index (χ1) is 5.22. The van der Waals surface area contributed by atoms with Gasteiger partial charge in [-0.15, -0.1) is 0 Å². The maximum atomic E-state index is 10.5. The van der Waals surface area contributed by atoms with Crippen LogP contribution < -0.4 is 0 Å². The fourth-order valence-corrected chi connectivity index (χ4v) is 0.881. The molecule has 1 atom stereocenters. The first-order valence-electron chi connectivity index (χ1n) is 3.74. The van der Waals surface area contributed by atoms with Crippen molar-refractivity contribution in [2.24, 2.45) is 0 Å². The van der Waals surface area contributed by atoms with Crippen LogP contribution in [0.5, 0.6) is 0 Å². The number of carbonyl (C=O) groups excluding carboxylic acids is 1. The number of carbonyl (C=O) groups is 1. The third-order valence-electron chi connectivity index (χ3n) is 1.56. The minimum absolute atomic E-state index is 0.130. The van der Waals surface area contributed by atoms with Crippen molar-refractivity contribution in [2.75, 3.05) is 19.6 Å². The normalized spacial score (nSPS) is 19.0. The predicted molar refractivity (Wildman–Crippen MR) is 42.2 cm³/mol. The number of hydrogen-bond acceptors (Lipinski definition) is 3. The number of hydrogen-bond donors (Lipinski definition) is 0. The molecule has 0 aromatic rings. The van der Waals surface area contributed by atoms with E-state index in [9.17, 15) is 4.79 Å². The molecule has 0 aromatic heterocycles. The zero-order chi connectivity index (χ0) is 8.27. The standard InChI is InChI=1S/C8H13NO2/c1-3-8(11-7(2)10)6-9-4-5-9/h3,8H,1,4-6H2,2H3/t8-/m1/s1. The summed E-state index contributed by atoms with van der Waals surface area (Å²) in [5.41, 5.74) is 0. The van der Waals surface area contributed by atoms with Crippen molar-refractivity contribution in [1.82, 2.24) is 4.90 Å². The molecule has 0 amide bonds. The Balaban J connectivity index is 2.22. The summed E-state index contributed by atoms with van der Waals surface area (Å²) in [6.45, 7) is 8.03. The molecule has 3 nitrogen and oxygen atoms in total. The van der Waals surface area contributed by atoms with Gasteiger partial charge in [0.05, 0.1) is 0 Å². The van der Waals surface area contributed by atoms with Crippen LogP contribution >= 0.6 is 0 Å². The molecule has 1 fully saturated rings. The number of esters is 1. The maximum absolute atomic E-state index is 10.5. The Morgan fingerprint density at radius 3 is 2.82 bits per heavy atom. The van der Waals surface area contributed by atoms with E-state index in [1.165, 1.54) is 6.92 Å². The van der Waals surface area contributed by atoms with E-state index in [0.717, 1.165) is 19.6 Å². The van der Waals surface area contributed by atoms with E-state index in [0.29, 0.717) is 0 Å². The summed E-state index contributed by atoms with van der Waals surface area (Å²) in [5, 5.41) is 0. The van der Waals surface area contributed by atoms with E-state index in [-0.39, 0.29) is 12.1 Å². The summed E-state index contributed by atoms with van der Waals surface area (Å²) < 4.78 is 4.95. The van der Waals surface area contributed by atoms with Crippen LogP contribution in [-0.4, -0.2) is 36.6 Å². The van der Waals surface area contributed by atoms with Crippen LogP contribution in [0.25, 0.3) is 0 Å². The summed E-state index contributed by atoms with van der Waals surface area (Å²) in [4.78, 5) is 12.7. The summed E-state index contributed by atoms with van der Waals surface area (Å²) in [7, 11) is 0. The SMILES string of the molecule is C=C[C@H](CN1CC1)OC(C)=O. The lowest BCUT2D eigenvalue weighted by Gasteiger charge is -2.12. The Kier molecular flexibility index (Phi) is 2.65. The van der Waals surface area contributed by atoms with Crippen LogP contribution in [-0.2, 0) is 9.53 Å². The van der Waals surface area contributed by atoms with Gasteiger partial charge in [-0.2, -0.15) is 0 Å². The second kappa shape index (κ2) is 3.53. The highest BCUT2D eigenvalue weighted by atomic mass is 16.5. The minimum Gasteiger partial charge on any atom is -0.457 e. The fraction of sp³-hybridized carbons (Fsp3) is 0.625. The van der Waals surface area contributed by atoms with Crippen molar-refractivity contribution in [3.05, 3.63) is 12.7 Å². The smallest absolute Gasteiger partial charge is 0.303 e. The third-order valence-corrected chi connectivity index (χ3v) is 1.56. The first kappa shape index (κ1) is 8.27. The Labute approximate surface area is 66.6 Å². The van der Waals surface area contributed by atoms with Gasteiger partial charge in [-0.3, -0.25) is 9.69 Å². The molecule has 0 saturated carbocycles. The van der Waals surface area contributed by atoms with Crippen LogP contribution in [0.4, 0.5) is 0 Å². The van der Waals surface area contributed by atoms with Gasteiger partial charge in [0.2, 0.25) is 0 Å². The molecule has 62 valence electrons. The molecule has 0 N–H and O–H groups in total. The molecule has 0 aromatic carbocycles. The van der Waals surface area contributed by atoms with Crippen LogP contribution in [0.2, 0.25) is 0 Å². The number of nitrogens with zero attached hydrogens (tertiary/aromatic N) is 1. The summed E-state index contributed by atoms with van der Waals surface area (Å²) in [6.07, 6.45) is 1.54. The van der Waals surface area contributed by atoms with Gasteiger partial charge in [-0.05, 0) is 0 Å². The molecule has 1 aliphatic heterocycles. The molecular weight excluding hydrogens is 142 g/mol. The highest BCUT2D eigenvalue weighted by molar-refractivity contribution is 5.66. The lowest BCUT2D eigenvalue weighted by atomic mass is 10.3. The van der Waals surface area contributed by atoms with E-state index in [1.807, 2.05) is 0 Å². The molecule has 0 bridgehead atoms. The van der Waals surface area contributed by atoms with Gasteiger partial charge in [0.25, 0.3) is 0 Å². The third kappa shape index (κ3) is 3.18. The van der Waals surface area contributed by atoms with Crippen LogP contribution in [0.1, 0.15) is 6.92 Å². The Bertz CT molecular complexity index is 163. The maximum Gasteiger partial charge on any atom is 0.303 e. The molecule has 0 spiro atoms. The highest BCUT2D eigenvalue weighted by Crippen LogP contribution is 2.07.